The lowest BCUT2D eigenvalue weighted by molar-refractivity contribution is -0.173. The predicted molar refractivity (Wildman–Crippen MR) is 115 cm³/mol. The smallest absolute Gasteiger partial charge is 0.331 e. The maximum Gasteiger partial charge on any atom is 0.331 e. The maximum atomic E-state index is 13.0. The van der Waals surface area contributed by atoms with Gasteiger partial charge in [-0.2, -0.15) is 5.01 Å². The molecule has 1 aromatic rings. The van der Waals surface area contributed by atoms with E-state index in [0.717, 1.165) is 11.8 Å². The summed E-state index contributed by atoms with van der Waals surface area (Å²) in [6.07, 6.45) is 6.60. The third-order valence-electron chi connectivity index (χ3n) is 4.99. The summed E-state index contributed by atoms with van der Waals surface area (Å²) in [7, 11) is 1.85. The van der Waals surface area contributed by atoms with Crippen molar-refractivity contribution in [3.8, 4) is 12.3 Å². The van der Waals surface area contributed by atoms with Gasteiger partial charge >= 0.3 is 6.03 Å². The number of carbonyl (C=O) groups is 3. The number of carbonyl (C=O) groups excluding carboxylic acids is 3. The summed E-state index contributed by atoms with van der Waals surface area (Å²) in [6.45, 7) is 2.60. The lowest BCUT2D eigenvalue weighted by Gasteiger charge is -2.50. The highest BCUT2D eigenvalue weighted by molar-refractivity contribution is 6.31. The Morgan fingerprint density at radius 1 is 1.47 bits per heavy atom. The minimum Gasteiger partial charge on any atom is -0.350 e. The third-order valence-corrected chi connectivity index (χ3v) is 5.35. The Morgan fingerprint density at radius 2 is 2.17 bits per heavy atom. The van der Waals surface area contributed by atoms with Crippen LogP contribution in [0.1, 0.15) is 25.3 Å². The number of nitrogens with two attached hydrogens (primary N) is 1. The molecule has 3 amide bonds. The lowest BCUT2D eigenvalue weighted by Crippen LogP contribution is -2.71. The zero-order valence-electron chi connectivity index (χ0n) is 17.3. The van der Waals surface area contributed by atoms with E-state index in [1.54, 1.807) is 6.07 Å². The number of primary amides is 1. The fraction of sp³-hybridized carbons (Fsp3) is 0.476. The zero-order chi connectivity index (χ0) is 22.3. The molecule has 8 nitrogen and oxygen atoms in total. The van der Waals surface area contributed by atoms with Crippen molar-refractivity contribution in [1.82, 2.24) is 19.8 Å². The number of hydrogen-bond donors (Lipinski definition) is 1. The van der Waals surface area contributed by atoms with Crippen molar-refractivity contribution >= 4 is 29.8 Å². The van der Waals surface area contributed by atoms with Gasteiger partial charge in [0.05, 0.1) is 19.1 Å². The molecular formula is C21H28ClN5O3. The Balaban J connectivity index is 2.37. The molecule has 1 aromatic carbocycles. The Hall–Kier alpha value is -2.60. The second kappa shape index (κ2) is 11.0. The van der Waals surface area contributed by atoms with Gasteiger partial charge in [0, 0.05) is 18.1 Å². The van der Waals surface area contributed by atoms with Crippen LogP contribution in [0.15, 0.2) is 24.3 Å². The van der Waals surface area contributed by atoms with Gasteiger partial charge in [-0.05, 0) is 25.1 Å². The van der Waals surface area contributed by atoms with Crippen LogP contribution in [0.5, 0.6) is 0 Å². The summed E-state index contributed by atoms with van der Waals surface area (Å²) in [5.74, 6) is 2.18. The van der Waals surface area contributed by atoms with Crippen LogP contribution in [-0.4, -0.2) is 76.9 Å². The standard InChI is InChI=1S/C21H28ClN5O3/c1-4-8-17(15-28)26-19(13-24(3)12-16-9-6-7-10-18(16)22)27(21(23)30)25(11-5-2)14-20(26)29/h2,6-7,9-10,15,17,19H,4,8,11-14H2,1,3H3,(H2,23,30)/t17-,19?/m0/s1. The highest BCUT2D eigenvalue weighted by atomic mass is 35.5. The van der Waals surface area contributed by atoms with Crippen LogP contribution in [0.4, 0.5) is 4.79 Å². The lowest BCUT2D eigenvalue weighted by atomic mass is 10.1. The summed E-state index contributed by atoms with van der Waals surface area (Å²) in [4.78, 5) is 40.5. The van der Waals surface area contributed by atoms with Crippen molar-refractivity contribution in [1.29, 1.82) is 0 Å². The van der Waals surface area contributed by atoms with Gasteiger partial charge < -0.3 is 15.4 Å². The van der Waals surface area contributed by atoms with Crippen LogP contribution in [0, 0.1) is 12.3 Å². The number of benzene rings is 1. The molecule has 1 unspecified atom stereocenters. The number of hydrogen-bond acceptors (Lipinski definition) is 5. The zero-order valence-corrected chi connectivity index (χ0v) is 18.1. The van der Waals surface area contributed by atoms with Gasteiger partial charge in [0.25, 0.3) is 0 Å². The summed E-state index contributed by atoms with van der Waals surface area (Å²) in [5.41, 5.74) is 6.57. The monoisotopic (exact) mass is 433 g/mol. The van der Waals surface area contributed by atoms with E-state index in [-0.39, 0.29) is 25.5 Å². The number of amides is 3. The minimum absolute atomic E-state index is 0.0484. The van der Waals surface area contributed by atoms with Crippen molar-refractivity contribution in [2.45, 2.75) is 38.5 Å². The van der Waals surface area contributed by atoms with Crippen LogP contribution >= 0.6 is 11.6 Å². The number of hydrazine groups is 1. The highest BCUT2D eigenvalue weighted by Gasteiger charge is 2.44. The fourth-order valence-electron chi connectivity index (χ4n) is 3.71. The summed E-state index contributed by atoms with van der Waals surface area (Å²) in [5, 5.41) is 3.36. The topological polar surface area (TPSA) is 90.2 Å². The van der Waals surface area contributed by atoms with Crippen LogP contribution in [0.3, 0.4) is 0 Å². The molecule has 1 fully saturated rings. The second-order valence-electron chi connectivity index (χ2n) is 7.27. The Morgan fingerprint density at radius 3 is 2.73 bits per heavy atom. The molecule has 1 aliphatic heterocycles. The van der Waals surface area contributed by atoms with E-state index in [1.807, 2.05) is 37.1 Å². The fourth-order valence-corrected chi connectivity index (χ4v) is 3.91. The number of halogens is 1. The van der Waals surface area contributed by atoms with Gasteiger partial charge in [-0.15, -0.1) is 6.42 Å². The van der Waals surface area contributed by atoms with Crippen molar-refractivity contribution in [3.63, 3.8) is 0 Å². The van der Waals surface area contributed by atoms with Gasteiger partial charge in [-0.1, -0.05) is 49.1 Å². The van der Waals surface area contributed by atoms with Gasteiger partial charge in [0.1, 0.15) is 12.5 Å². The molecule has 9 heteroatoms. The van der Waals surface area contributed by atoms with Gasteiger partial charge in [0.2, 0.25) is 5.91 Å². The number of urea groups is 1. The molecule has 1 saturated heterocycles. The number of likely N-dealkylation sites (N-methyl/N-ethyl adjacent to an activating group) is 1. The van der Waals surface area contributed by atoms with E-state index in [9.17, 15) is 14.4 Å². The molecule has 162 valence electrons. The van der Waals surface area contributed by atoms with E-state index in [0.29, 0.717) is 24.4 Å². The van der Waals surface area contributed by atoms with Crippen LogP contribution < -0.4 is 5.73 Å². The quantitative estimate of drug-likeness (QED) is 0.471. The maximum absolute atomic E-state index is 13.0. The summed E-state index contributed by atoms with van der Waals surface area (Å²) >= 11 is 6.27. The molecule has 0 bridgehead atoms. The van der Waals surface area contributed by atoms with Crippen molar-refractivity contribution < 1.29 is 14.4 Å². The molecule has 2 atom stereocenters. The normalized spacial score (nSPS) is 18.4. The van der Waals surface area contributed by atoms with E-state index in [4.69, 9.17) is 23.8 Å². The number of rotatable bonds is 9. The Labute approximate surface area is 182 Å². The molecule has 1 heterocycles. The molecule has 0 radical (unpaired) electrons. The molecule has 30 heavy (non-hydrogen) atoms. The molecule has 2 rings (SSSR count). The van der Waals surface area contributed by atoms with Crippen LogP contribution in [-0.2, 0) is 16.1 Å². The molecule has 0 saturated carbocycles. The van der Waals surface area contributed by atoms with Crippen molar-refractivity contribution in [3.05, 3.63) is 34.9 Å². The van der Waals surface area contributed by atoms with Gasteiger partial charge in [0.15, 0.2) is 0 Å². The van der Waals surface area contributed by atoms with Crippen molar-refractivity contribution in [2.75, 3.05) is 26.7 Å². The molecular weight excluding hydrogens is 406 g/mol. The summed E-state index contributed by atoms with van der Waals surface area (Å²) in [6, 6.07) is 6.05. The van der Waals surface area contributed by atoms with Crippen molar-refractivity contribution in [2.24, 2.45) is 5.73 Å². The molecule has 0 aromatic heterocycles. The van der Waals surface area contributed by atoms with E-state index >= 15 is 0 Å². The summed E-state index contributed by atoms with van der Waals surface area (Å²) < 4.78 is 0. The van der Waals surface area contributed by atoms with Gasteiger partial charge in [-0.25, -0.2) is 9.80 Å². The number of aldehydes is 1. The first-order valence-corrected chi connectivity index (χ1v) is 10.2. The average Bonchev–Trinajstić information content (AvgIpc) is 2.68. The third kappa shape index (κ3) is 5.51. The molecule has 1 aliphatic rings. The molecule has 2 N–H and O–H groups in total. The van der Waals surface area contributed by atoms with E-state index in [2.05, 4.69) is 5.92 Å². The molecule has 0 aliphatic carbocycles. The highest BCUT2D eigenvalue weighted by Crippen LogP contribution is 2.23. The van der Waals surface area contributed by atoms with Crippen LogP contribution in [0.2, 0.25) is 5.02 Å². The predicted octanol–water partition coefficient (Wildman–Crippen LogP) is 1.54. The van der Waals surface area contributed by atoms with Crippen LogP contribution in [0.25, 0.3) is 0 Å². The average molecular weight is 434 g/mol. The number of terminal acetylenes is 1. The van der Waals surface area contributed by atoms with Gasteiger partial charge in [-0.3, -0.25) is 9.69 Å². The first-order chi connectivity index (χ1) is 14.3. The SMILES string of the molecule is C#CCN1CC(=O)N([C@H](C=O)CCC)C(CN(C)Cc2ccccc2Cl)N1C(N)=O. The first kappa shape index (κ1) is 23.7. The largest absolute Gasteiger partial charge is 0.350 e. The Kier molecular flexibility index (Phi) is 8.66. The number of nitrogens with zero attached hydrogens (tertiary/aromatic N) is 4. The Bertz CT molecular complexity index is 812. The first-order valence-electron chi connectivity index (χ1n) is 9.79. The second-order valence-corrected chi connectivity index (χ2v) is 7.68. The van der Waals surface area contributed by atoms with E-state index in [1.165, 1.54) is 14.9 Å². The van der Waals surface area contributed by atoms with E-state index < -0.39 is 18.2 Å². The molecule has 0 spiro atoms. The minimum atomic E-state index is -0.772.